The molecule has 0 atom stereocenters. The summed E-state index contributed by atoms with van der Waals surface area (Å²) in [5, 5.41) is 7.44. The van der Waals surface area contributed by atoms with E-state index in [2.05, 4.69) is 25.6 Å². The molecule has 0 unspecified atom stereocenters. The lowest BCUT2D eigenvalue weighted by Crippen LogP contribution is -2.32. The molecule has 118 valence electrons. The van der Waals surface area contributed by atoms with Gasteiger partial charge in [-0.25, -0.2) is 14.8 Å². The van der Waals surface area contributed by atoms with Crippen molar-refractivity contribution in [2.24, 2.45) is 16.5 Å². The van der Waals surface area contributed by atoms with E-state index >= 15 is 0 Å². The van der Waals surface area contributed by atoms with Crippen LogP contribution in [-0.4, -0.2) is 29.0 Å². The van der Waals surface area contributed by atoms with Gasteiger partial charge in [0.1, 0.15) is 5.69 Å². The molecule has 0 bridgehead atoms. The highest BCUT2D eigenvalue weighted by molar-refractivity contribution is 7.13. The van der Waals surface area contributed by atoms with Gasteiger partial charge >= 0.3 is 6.03 Å². The van der Waals surface area contributed by atoms with Crippen LogP contribution in [0.2, 0.25) is 0 Å². The molecule has 2 aromatic heterocycles. The van der Waals surface area contributed by atoms with E-state index in [1.165, 1.54) is 11.3 Å². The molecule has 22 heavy (non-hydrogen) atoms. The van der Waals surface area contributed by atoms with Gasteiger partial charge < -0.3 is 22.1 Å². The van der Waals surface area contributed by atoms with Crippen molar-refractivity contribution in [2.45, 2.75) is 6.54 Å². The molecule has 2 amide bonds. The topological polar surface area (TPSA) is 131 Å². The lowest BCUT2D eigenvalue weighted by Gasteiger charge is -2.04. The van der Waals surface area contributed by atoms with E-state index in [1.807, 2.05) is 23.6 Å². The zero-order valence-corrected chi connectivity index (χ0v) is 13.4. The number of carbonyl (C=O) groups excluding carboxylic acids is 1. The lowest BCUT2D eigenvalue weighted by molar-refractivity contribution is 0.242. The van der Waals surface area contributed by atoms with Gasteiger partial charge in [-0.05, 0) is 12.1 Å². The zero-order valence-electron chi connectivity index (χ0n) is 11.7. The Labute approximate surface area is 137 Å². The van der Waals surface area contributed by atoms with E-state index in [9.17, 15) is 4.79 Å². The largest absolute Gasteiger partial charge is 0.370 e. The lowest BCUT2D eigenvalue weighted by atomic mass is 10.2. The summed E-state index contributed by atoms with van der Waals surface area (Å²) in [6.07, 6.45) is 0. The van der Waals surface area contributed by atoms with Gasteiger partial charge in [-0.3, -0.25) is 0 Å². The van der Waals surface area contributed by atoms with Gasteiger partial charge in [0, 0.05) is 12.4 Å². The average Bonchev–Trinajstić information content (AvgIpc) is 2.92. The molecular weight excluding hydrogens is 326 g/mol. The number of hydrogen-bond acceptors (Lipinski definition) is 5. The van der Waals surface area contributed by atoms with Crippen LogP contribution in [0.1, 0.15) is 5.69 Å². The number of halogens is 1. The molecule has 2 rings (SSSR count). The van der Waals surface area contributed by atoms with Crippen molar-refractivity contribution in [3.05, 3.63) is 29.3 Å². The SMILES string of the molecule is CNC(=O)NCc1cccc(-c2csc(N=C(N)N)n2)n1.Cl. The highest BCUT2D eigenvalue weighted by Gasteiger charge is 2.07. The van der Waals surface area contributed by atoms with Crippen LogP contribution in [0.25, 0.3) is 11.4 Å². The molecule has 0 aliphatic carbocycles. The second-order valence-electron chi connectivity index (χ2n) is 4.00. The molecule has 0 aliphatic heterocycles. The third-order valence-corrected chi connectivity index (χ3v) is 3.18. The summed E-state index contributed by atoms with van der Waals surface area (Å²) in [7, 11) is 1.56. The van der Waals surface area contributed by atoms with Crippen LogP contribution < -0.4 is 22.1 Å². The first kappa shape index (κ1) is 17.7. The maximum absolute atomic E-state index is 11.1. The van der Waals surface area contributed by atoms with E-state index in [0.717, 1.165) is 5.69 Å². The second-order valence-corrected chi connectivity index (χ2v) is 4.84. The number of guanidine groups is 1. The third-order valence-electron chi connectivity index (χ3n) is 2.44. The summed E-state index contributed by atoms with van der Waals surface area (Å²) in [6.45, 7) is 0.332. The molecule has 0 saturated heterocycles. The number of carbonyl (C=O) groups is 1. The molecule has 0 saturated carbocycles. The smallest absolute Gasteiger partial charge is 0.314 e. The minimum Gasteiger partial charge on any atom is -0.370 e. The Hall–Kier alpha value is -2.39. The van der Waals surface area contributed by atoms with Crippen molar-refractivity contribution >= 4 is 40.9 Å². The Balaban J connectivity index is 0.00000242. The van der Waals surface area contributed by atoms with Gasteiger partial charge in [-0.2, -0.15) is 4.99 Å². The summed E-state index contributed by atoms with van der Waals surface area (Å²) < 4.78 is 0. The summed E-state index contributed by atoms with van der Waals surface area (Å²) in [5.74, 6) is -0.0348. The minimum absolute atomic E-state index is 0. The van der Waals surface area contributed by atoms with Gasteiger partial charge in [0.05, 0.1) is 17.9 Å². The van der Waals surface area contributed by atoms with Gasteiger partial charge in [-0.1, -0.05) is 6.07 Å². The molecule has 0 fully saturated rings. The van der Waals surface area contributed by atoms with Crippen molar-refractivity contribution in [1.29, 1.82) is 0 Å². The zero-order chi connectivity index (χ0) is 15.2. The van der Waals surface area contributed by atoms with E-state index in [1.54, 1.807) is 7.05 Å². The van der Waals surface area contributed by atoms with Gasteiger partial charge in [0.25, 0.3) is 0 Å². The molecule has 8 nitrogen and oxygen atoms in total. The van der Waals surface area contributed by atoms with E-state index in [0.29, 0.717) is 23.1 Å². The maximum Gasteiger partial charge on any atom is 0.314 e. The molecule has 0 aromatic carbocycles. The van der Waals surface area contributed by atoms with Crippen molar-refractivity contribution < 1.29 is 4.79 Å². The van der Waals surface area contributed by atoms with Gasteiger partial charge in [0.2, 0.25) is 5.13 Å². The average molecular weight is 342 g/mol. The monoisotopic (exact) mass is 341 g/mol. The first-order valence-electron chi connectivity index (χ1n) is 6.05. The quantitative estimate of drug-likeness (QED) is 0.486. The fourth-order valence-corrected chi connectivity index (χ4v) is 2.22. The number of aliphatic imine (C=N–C) groups is 1. The van der Waals surface area contributed by atoms with Crippen molar-refractivity contribution in [3.63, 3.8) is 0 Å². The Morgan fingerprint density at radius 2 is 2.09 bits per heavy atom. The number of pyridine rings is 1. The predicted molar refractivity (Wildman–Crippen MR) is 89.4 cm³/mol. The van der Waals surface area contributed by atoms with E-state index in [-0.39, 0.29) is 24.4 Å². The molecule has 2 aromatic rings. The van der Waals surface area contributed by atoms with Crippen molar-refractivity contribution in [2.75, 3.05) is 7.05 Å². The number of nitrogens with two attached hydrogens (primary N) is 2. The first-order valence-corrected chi connectivity index (χ1v) is 6.93. The maximum atomic E-state index is 11.1. The van der Waals surface area contributed by atoms with Crippen LogP contribution >= 0.6 is 23.7 Å². The van der Waals surface area contributed by atoms with E-state index < -0.39 is 0 Å². The summed E-state index contributed by atoms with van der Waals surface area (Å²) in [4.78, 5) is 23.7. The molecule has 0 radical (unpaired) electrons. The number of urea groups is 1. The molecular formula is C12H16ClN7OS. The number of nitrogens with zero attached hydrogens (tertiary/aromatic N) is 3. The fourth-order valence-electron chi connectivity index (χ4n) is 1.52. The number of nitrogens with one attached hydrogen (secondary N) is 2. The number of thiazole rings is 1. The molecule has 6 N–H and O–H groups in total. The molecule has 10 heteroatoms. The van der Waals surface area contributed by atoms with Crippen molar-refractivity contribution in [1.82, 2.24) is 20.6 Å². The number of amides is 2. The molecule has 2 heterocycles. The van der Waals surface area contributed by atoms with Gasteiger partial charge in [0.15, 0.2) is 5.96 Å². The fraction of sp³-hybridized carbons (Fsp3) is 0.167. The van der Waals surface area contributed by atoms with Crippen LogP contribution in [0.5, 0.6) is 0 Å². The molecule has 0 aliphatic rings. The number of rotatable bonds is 4. The standard InChI is InChI=1S/C12H15N7OS.ClH/c1-15-11(20)16-5-7-3-2-4-8(17-7)9-6-21-12(18-9)19-10(13)14;/h2-4,6H,5H2,1H3,(H2,15,16,20)(H4,13,14,18,19);1H. The Morgan fingerprint density at radius 1 is 1.32 bits per heavy atom. The Bertz CT molecular complexity index is 669. The highest BCUT2D eigenvalue weighted by Crippen LogP contribution is 2.25. The van der Waals surface area contributed by atoms with Crippen molar-refractivity contribution in [3.8, 4) is 11.4 Å². The first-order chi connectivity index (χ1) is 10.1. The normalized spacial score (nSPS) is 9.50. The van der Waals surface area contributed by atoms with Crippen LogP contribution in [0.3, 0.4) is 0 Å². The summed E-state index contributed by atoms with van der Waals surface area (Å²) in [5.41, 5.74) is 12.7. The third kappa shape index (κ3) is 4.86. The Morgan fingerprint density at radius 3 is 2.77 bits per heavy atom. The van der Waals surface area contributed by atoms with E-state index in [4.69, 9.17) is 11.5 Å². The van der Waals surface area contributed by atoms with Crippen LogP contribution in [0, 0.1) is 0 Å². The summed E-state index contributed by atoms with van der Waals surface area (Å²) >= 11 is 1.32. The molecule has 0 spiro atoms. The second kappa shape index (κ2) is 8.15. The van der Waals surface area contributed by atoms with Crippen LogP contribution in [0.15, 0.2) is 28.6 Å². The minimum atomic E-state index is -0.258. The highest BCUT2D eigenvalue weighted by atomic mass is 35.5. The van der Waals surface area contributed by atoms with Gasteiger partial charge in [-0.15, -0.1) is 23.7 Å². The Kier molecular flexibility index (Phi) is 6.54. The van der Waals surface area contributed by atoms with Crippen LogP contribution in [0.4, 0.5) is 9.93 Å². The number of hydrogen-bond donors (Lipinski definition) is 4. The summed E-state index contributed by atoms with van der Waals surface area (Å²) in [6, 6.07) is 5.24. The number of aromatic nitrogens is 2. The van der Waals surface area contributed by atoms with Crippen LogP contribution in [-0.2, 0) is 6.54 Å². The predicted octanol–water partition coefficient (Wildman–Crippen LogP) is 0.961.